The lowest BCUT2D eigenvalue weighted by molar-refractivity contribution is 0.792. The second-order valence-corrected chi connectivity index (χ2v) is 3.38. The van der Waals surface area contributed by atoms with Gasteiger partial charge < -0.3 is 0 Å². The fraction of sp³-hybridized carbons (Fsp3) is 0.400. The quantitative estimate of drug-likeness (QED) is 0.548. The van der Waals surface area contributed by atoms with E-state index in [9.17, 15) is 0 Å². The van der Waals surface area contributed by atoms with Gasteiger partial charge >= 0.3 is 0 Å². The van der Waals surface area contributed by atoms with E-state index < -0.39 is 0 Å². The Kier molecular flexibility index (Phi) is 1.68. The van der Waals surface area contributed by atoms with Crippen molar-refractivity contribution >= 4 is 12.2 Å². The second kappa shape index (κ2) is 2.70. The number of nitrogens with zero attached hydrogens (tertiary/aromatic N) is 2. The van der Waals surface area contributed by atoms with E-state index in [2.05, 4.69) is 29.3 Å². The van der Waals surface area contributed by atoms with Crippen LogP contribution in [0, 0.1) is 12.8 Å². The Morgan fingerprint density at radius 2 is 2.33 bits per heavy atom. The molecule has 1 aromatic heterocycles. The molecular weight excluding hydrogens is 148 g/mol. The molecule has 0 N–H and O–H groups in total. The molecule has 2 nitrogen and oxygen atoms in total. The van der Waals surface area contributed by atoms with E-state index >= 15 is 0 Å². The predicted molar refractivity (Wildman–Crippen MR) is 48.7 cm³/mol. The van der Waals surface area contributed by atoms with Crippen molar-refractivity contribution in [3.63, 3.8) is 0 Å². The van der Waals surface area contributed by atoms with E-state index in [0.717, 1.165) is 12.1 Å². The minimum absolute atomic E-state index is 0.639. The SMILES string of the molecule is Cc1nncc2c1=CC(C)CC=2. The molecule has 0 spiro atoms. The Bertz CT molecular complexity index is 406. The van der Waals surface area contributed by atoms with Crippen LogP contribution >= 0.6 is 0 Å². The maximum Gasteiger partial charge on any atom is 0.0675 e. The highest BCUT2D eigenvalue weighted by Gasteiger charge is 2.02. The molecule has 0 saturated heterocycles. The molecule has 0 aromatic carbocycles. The zero-order valence-electron chi connectivity index (χ0n) is 7.41. The first-order valence-electron chi connectivity index (χ1n) is 4.28. The van der Waals surface area contributed by atoms with Crippen molar-refractivity contribution in [1.29, 1.82) is 0 Å². The first kappa shape index (κ1) is 7.47. The van der Waals surface area contributed by atoms with E-state index in [1.165, 1.54) is 10.4 Å². The highest BCUT2D eigenvalue weighted by Crippen LogP contribution is 2.05. The Morgan fingerprint density at radius 3 is 3.17 bits per heavy atom. The third-order valence-corrected chi connectivity index (χ3v) is 2.27. The fourth-order valence-corrected chi connectivity index (χ4v) is 1.55. The van der Waals surface area contributed by atoms with Gasteiger partial charge in [0.05, 0.1) is 11.9 Å². The molecule has 12 heavy (non-hydrogen) atoms. The number of rotatable bonds is 0. The van der Waals surface area contributed by atoms with Crippen LogP contribution in [0.4, 0.5) is 0 Å². The smallest absolute Gasteiger partial charge is 0.0675 e. The second-order valence-electron chi connectivity index (χ2n) is 3.38. The molecule has 1 unspecified atom stereocenters. The third-order valence-electron chi connectivity index (χ3n) is 2.27. The standard InChI is InChI=1S/C10H12N2/c1-7-3-4-9-6-11-12-8(2)10(9)5-7/h4-7H,3H2,1-2H3. The molecule has 0 aliphatic heterocycles. The van der Waals surface area contributed by atoms with Crippen LogP contribution in [0.3, 0.4) is 0 Å². The predicted octanol–water partition coefficient (Wildman–Crippen LogP) is 0.386. The molecule has 0 radical (unpaired) electrons. The molecule has 2 rings (SSSR count). The van der Waals surface area contributed by atoms with E-state index in [1.54, 1.807) is 0 Å². The van der Waals surface area contributed by atoms with Crippen molar-refractivity contribution in [2.24, 2.45) is 5.92 Å². The summed E-state index contributed by atoms with van der Waals surface area (Å²) in [6.45, 7) is 4.23. The molecule has 0 bridgehead atoms. The highest BCUT2D eigenvalue weighted by molar-refractivity contribution is 5.40. The topological polar surface area (TPSA) is 25.8 Å². The van der Waals surface area contributed by atoms with Gasteiger partial charge in [0.2, 0.25) is 0 Å². The zero-order valence-corrected chi connectivity index (χ0v) is 7.41. The average molecular weight is 160 g/mol. The van der Waals surface area contributed by atoms with E-state index in [4.69, 9.17) is 0 Å². The monoisotopic (exact) mass is 160 g/mol. The summed E-state index contributed by atoms with van der Waals surface area (Å²) in [5.41, 5.74) is 1.04. The molecule has 1 aliphatic carbocycles. The van der Waals surface area contributed by atoms with Crippen LogP contribution in [0.5, 0.6) is 0 Å². The normalized spacial score (nSPS) is 20.7. The summed E-state index contributed by atoms with van der Waals surface area (Å²) >= 11 is 0. The van der Waals surface area contributed by atoms with Crippen LogP contribution in [0.15, 0.2) is 6.20 Å². The maximum atomic E-state index is 4.03. The van der Waals surface area contributed by atoms with Crippen LogP contribution in [0.1, 0.15) is 19.0 Å². The van der Waals surface area contributed by atoms with Crippen LogP contribution in [-0.4, -0.2) is 10.2 Å². The van der Waals surface area contributed by atoms with E-state index in [1.807, 2.05) is 13.1 Å². The van der Waals surface area contributed by atoms with Crippen LogP contribution in [-0.2, 0) is 0 Å². The summed E-state index contributed by atoms with van der Waals surface area (Å²) < 4.78 is 0. The Hall–Kier alpha value is -1.18. The van der Waals surface area contributed by atoms with Gasteiger partial charge in [-0.3, -0.25) is 0 Å². The minimum atomic E-state index is 0.639. The number of fused-ring (bicyclic) bond motifs is 1. The van der Waals surface area contributed by atoms with E-state index in [-0.39, 0.29) is 0 Å². The Labute approximate surface area is 71.6 Å². The van der Waals surface area contributed by atoms with E-state index in [0.29, 0.717) is 5.92 Å². The number of aromatic nitrogens is 2. The van der Waals surface area contributed by atoms with Crippen molar-refractivity contribution in [2.45, 2.75) is 20.3 Å². The number of aryl methyl sites for hydroxylation is 1. The Balaban J connectivity index is 2.80. The molecule has 1 aromatic rings. The van der Waals surface area contributed by atoms with Gasteiger partial charge in [-0.15, -0.1) is 0 Å². The lowest BCUT2D eigenvalue weighted by Crippen LogP contribution is -2.32. The first-order valence-corrected chi connectivity index (χ1v) is 4.28. The van der Waals surface area contributed by atoms with Crippen LogP contribution < -0.4 is 10.4 Å². The molecule has 0 amide bonds. The van der Waals surface area contributed by atoms with Gasteiger partial charge in [-0.25, -0.2) is 0 Å². The molecule has 62 valence electrons. The van der Waals surface area contributed by atoms with Crippen molar-refractivity contribution < 1.29 is 0 Å². The maximum absolute atomic E-state index is 4.03. The lowest BCUT2D eigenvalue weighted by atomic mass is 10.00. The molecular formula is C10H12N2. The average Bonchev–Trinajstić information content (AvgIpc) is 2.07. The summed E-state index contributed by atoms with van der Waals surface area (Å²) in [5, 5.41) is 10.5. The van der Waals surface area contributed by atoms with Crippen molar-refractivity contribution in [2.75, 3.05) is 0 Å². The summed E-state index contributed by atoms with van der Waals surface area (Å²) in [4.78, 5) is 0. The zero-order chi connectivity index (χ0) is 8.55. The van der Waals surface area contributed by atoms with Gasteiger partial charge in [0, 0.05) is 5.22 Å². The molecule has 0 saturated carbocycles. The molecule has 1 atom stereocenters. The molecule has 0 fully saturated rings. The molecule has 1 aliphatic rings. The third kappa shape index (κ3) is 1.13. The van der Waals surface area contributed by atoms with Crippen LogP contribution in [0.25, 0.3) is 12.2 Å². The summed E-state index contributed by atoms with van der Waals surface area (Å²) in [6.07, 6.45) is 7.48. The van der Waals surface area contributed by atoms with Gasteiger partial charge in [0.1, 0.15) is 0 Å². The largest absolute Gasteiger partial charge is 0.158 e. The van der Waals surface area contributed by atoms with Crippen LogP contribution in [0.2, 0.25) is 0 Å². The lowest BCUT2D eigenvalue weighted by Gasteiger charge is -2.07. The van der Waals surface area contributed by atoms with Crippen molar-refractivity contribution in [3.05, 3.63) is 22.3 Å². The number of hydrogen-bond donors (Lipinski definition) is 0. The van der Waals surface area contributed by atoms with Gasteiger partial charge in [-0.1, -0.05) is 19.1 Å². The van der Waals surface area contributed by atoms with Gasteiger partial charge in [0.25, 0.3) is 0 Å². The summed E-state index contributed by atoms with van der Waals surface area (Å²) in [6, 6.07) is 0. The van der Waals surface area contributed by atoms with Gasteiger partial charge in [0.15, 0.2) is 0 Å². The fourth-order valence-electron chi connectivity index (χ4n) is 1.55. The van der Waals surface area contributed by atoms with Crippen molar-refractivity contribution in [1.82, 2.24) is 10.2 Å². The van der Waals surface area contributed by atoms with Gasteiger partial charge in [-0.05, 0) is 24.5 Å². The summed E-state index contributed by atoms with van der Waals surface area (Å²) in [5.74, 6) is 0.639. The number of hydrogen-bond acceptors (Lipinski definition) is 2. The van der Waals surface area contributed by atoms with Crippen molar-refractivity contribution in [3.8, 4) is 0 Å². The highest BCUT2D eigenvalue weighted by atomic mass is 15.1. The minimum Gasteiger partial charge on any atom is -0.158 e. The summed E-state index contributed by atoms with van der Waals surface area (Å²) in [7, 11) is 0. The Morgan fingerprint density at radius 1 is 1.50 bits per heavy atom. The first-order chi connectivity index (χ1) is 5.77. The van der Waals surface area contributed by atoms with Gasteiger partial charge in [-0.2, -0.15) is 10.2 Å². The molecule has 2 heteroatoms. The molecule has 1 heterocycles.